The maximum atomic E-state index is 11.4. The van der Waals surface area contributed by atoms with E-state index in [1.165, 1.54) is 0 Å². The molecule has 0 aliphatic heterocycles. The molecule has 0 saturated heterocycles. The summed E-state index contributed by atoms with van der Waals surface area (Å²) in [4.78, 5) is 11.4. The van der Waals surface area contributed by atoms with Gasteiger partial charge >= 0.3 is 6.09 Å². The molecule has 0 heterocycles. The first-order chi connectivity index (χ1) is 10.3. The van der Waals surface area contributed by atoms with Crippen molar-refractivity contribution in [2.75, 3.05) is 13.1 Å². The van der Waals surface area contributed by atoms with Gasteiger partial charge in [0, 0.05) is 25.2 Å². The zero-order chi connectivity index (χ0) is 16.6. The van der Waals surface area contributed by atoms with Crippen LogP contribution in [0.4, 0.5) is 4.79 Å². The molecule has 1 aromatic rings. The number of rotatable bonds is 6. The number of terminal acetylenes is 1. The van der Waals surface area contributed by atoms with Crippen molar-refractivity contribution in [3.05, 3.63) is 35.4 Å². The largest absolute Gasteiger partial charge is 0.444 e. The third-order valence-corrected chi connectivity index (χ3v) is 2.68. The Balaban J connectivity index is 2.24. The molecule has 0 fully saturated rings. The summed E-state index contributed by atoms with van der Waals surface area (Å²) in [5, 5.41) is 15.5. The highest BCUT2D eigenvalue weighted by Gasteiger charge is 2.16. The molecule has 1 rings (SSSR count). The second-order valence-electron chi connectivity index (χ2n) is 6.01. The fourth-order valence-electron chi connectivity index (χ4n) is 1.74. The van der Waals surface area contributed by atoms with Crippen molar-refractivity contribution in [2.45, 2.75) is 39.0 Å². The lowest BCUT2D eigenvalue weighted by Gasteiger charge is -2.20. The van der Waals surface area contributed by atoms with Gasteiger partial charge in [-0.3, -0.25) is 0 Å². The van der Waals surface area contributed by atoms with Crippen LogP contribution in [0.1, 0.15) is 31.9 Å². The van der Waals surface area contributed by atoms with Gasteiger partial charge in [0.25, 0.3) is 0 Å². The van der Waals surface area contributed by atoms with Crippen LogP contribution in [-0.4, -0.2) is 36.0 Å². The van der Waals surface area contributed by atoms with Crippen LogP contribution in [0.3, 0.4) is 0 Å². The van der Waals surface area contributed by atoms with Crippen molar-refractivity contribution in [3.63, 3.8) is 0 Å². The third-order valence-electron chi connectivity index (χ3n) is 2.68. The molecule has 0 aliphatic rings. The van der Waals surface area contributed by atoms with Crippen molar-refractivity contribution in [1.29, 1.82) is 0 Å². The molecule has 0 saturated carbocycles. The van der Waals surface area contributed by atoms with Gasteiger partial charge in [0.2, 0.25) is 0 Å². The highest BCUT2D eigenvalue weighted by molar-refractivity contribution is 5.67. The molecule has 0 aliphatic carbocycles. The van der Waals surface area contributed by atoms with Crippen LogP contribution >= 0.6 is 0 Å². The topological polar surface area (TPSA) is 70.6 Å². The summed E-state index contributed by atoms with van der Waals surface area (Å²) in [5.41, 5.74) is 1.32. The van der Waals surface area contributed by atoms with Crippen molar-refractivity contribution < 1.29 is 14.6 Å². The molecule has 5 heteroatoms. The zero-order valence-corrected chi connectivity index (χ0v) is 13.3. The molecule has 1 aromatic carbocycles. The lowest BCUT2D eigenvalue weighted by Crippen LogP contribution is -2.40. The summed E-state index contributed by atoms with van der Waals surface area (Å²) in [5.74, 6) is 2.58. The predicted octanol–water partition coefficient (Wildman–Crippen LogP) is 1.64. The molecular formula is C17H24N2O3. The van der Waals surface area contributed by atoms with Crippen molar-refractivity contribution in [1.82, 2.24) is 10.6 Å². The average Bonchev–Trinajstić information content (AvgIpc) is 2.43. The van der Waals surface area contributed by atoms with E-state index < -0.39 is 17.8 Å². The fraction of sp³-hybridized carbons (Fsp3) is 0.471. The number of aliphatic hydroxyl groups is 1. The summed E-state index contributed by atoms with van der Waals surface area (Å²) >= 11 is 0. The lowest BCUT2D eigenvalue weighted by molar-refractivity contribution is 0.0492. The van der Waals surface area contributed by atoms with E-state index in [4.69, 9.17) is 11.2 Å². The number of carbonyl (C=O) groups is 1. The molecule has 1 atom stereocenters. The Kier molecular flexibility index (Phi) is 6.90. The Morgan fingerprint density at radius 3 is 2.77 bits per heavy atom. The highest BCUT2D eigenvalue weighted by atomic mass is 16.6. The van der Waals surface area contributed by atoms with Crippen LogP contribution in [0.2, 0.25) is 0 Å². The number of hydrogen-bond donors (Lipinski definition) is 3. The summed E-state index contributed by atoms with van der Waals surface area (Å²) in [7, 11) is 0. The zero-order valence-electron chi connectivity index (χ0n) is 13.3. The fourth-order valence-corrected chi connectivity index (χ4v) is 1.74. The standard InChI is InChI=1S/C17H24N2O3/c1-5-13-7-6-8-14(9-13)10-18-11-15(20)12-19-16(21)22-17(2,3)4/h1,6-9,15,18,20H,10-12H2,2-4H3,(H,19,21)/t15-/m1/s1. The lowest BCUT2D eigenvalue weighted by atomic mass is 10.1. The van der Waals surface area contributed by atoms with Crippen molar-refractivity contribution in [3.8, 4) is 12.3 Å². The molecule has 0 spiro atoms. The first-order valence-corrected chi connectivity index (χ1v) is 7.21. The van der Waals surface area contributed by atoms with Crippen LogP contribution in [0.25, 0.3) is 0 Å². The summed E-state index contributed by atoms with van der Waals surface area (Å²) in [6, 6.07) is 7.63. The van der Waals surface area contributed by atoms with Gasteiger partial charge in [-0.25, -0.2) is 4.79 Å². The molecule has 0 radical (unpaired) electrons. The Hall–Kier alpha value is -2.03. The van der Waals surface area contributed by atoms with Crippen molar-refractivity contribution in [2.24, 2.45) is 0 Å². The van der Waals surface area contributed by atoms with Gasteiger partial charge in [-0.1, -0.05) is 18.1 Å². The van der Waals surface area contributed by atoms with E-state index in [0.717, 1.165) is 11.1 Å². The van der Waals surface area contributed by atoms with Crippen LogP contribution in [-0.2, 0) is 11.3 Å². The van der Waals surface area contributed by atoms with E-state index in [1.54, 1.807) is 20.8 Å². The van der Waals surface area contributed by atoms with Crippen LogP contribution < -0.4 is 10.6 Å². The molecular weight excluding hydrogens is 280 g/mol. The van der Waals surface area contributed by atoms with Crippen LogP contribution in [0, 0.1) is 12.3 Å². The predicted molar refractivity (Wildman–Crippen MR) is 86.3 cm³/mol. The maximum absolute atomic E-state index is 11.4. The van der Waals surface area contributed by atoms with Crippen LogP contribution in [0.15, 0.2) is 24.3 Å². The normalized spacial score (nSPS) is 12.3. The van der Waals surface area contributed by atoms with Gasteiger partial charge < -0.3 is 20.5 Å². The Bertz CT molecular complexity index is 529. The Labute approximate surface area is 132 Å². The maximum Gasteiger partial charge on any atom is 0.407 e. The minimum absolute atomic E-state index is 0.131. The van der Waals surface area contributed by atoms with Crippen LogP contribution in [0.5, 0.6) is 0 Å². The van der Waals surface area contributed by atoms with E-state index in [1.807, 2.05) is 24.3 Å². The van der Waals surface area contributed by atoms with E-state index in [2.05, 4.69) is 16.6 Å². The highest BCUT2D eigenvalue weighted by Crippen LogP contribution is 2.06. The quantitative estimate of drug-likeness (QED) is 0.699. The number of carbonyl (C=O) groups excluding carboxylic acids is 1. The average molecular weight is 304 g/mol. The molecule has 0 bridgehead atoms. The second-order valence-corrected chi connectivity index (χ2v) is 6.01. The summed E-state index contributed by atoms with van der Waals surface area (Å²) in [6.07, 6.45) is 4.12. The number of alkyl carbamates (subject to hydrolysis) is 1. The molecule has 0 aromatic heterocycles. The van der Waals surface area contributed by atoms with Gasteiger partial charge in [0.15, 0.2) is 0 Å². The second kappa shape index (κ2) is 8.42. The number of ether oxygens (including phenoxy) is 1. The third kappa shape index (κ3) is 7.67. The monoisotopic (exact) mass is 304 g/mol. The minimum Gasteiger partial charge on any atom is -0.444 e. The Morgan fingerprint density at radius 2 is 2.14 bits per heavy atom. The number of benzene rings is 1. The Morgan fingerprint density at radius 1 is 1.41 bits per heavy atom. The summed E-state index contributed by atoms with van der Waals surface area (Å²) in [6.45, 7) is 6.44. The first-order valence-electron chi connectivity index (χ1n) is 7.21. The van der Waals surface area contributed by atoms with Crippen molar-refractivity contribution >= 4 is 6.09 Å². The number of aliphatic hydroxyl groups excluding tert-OH is 1. The molecule has 22 heavy (non-hydrogen) atoms. The van der Waals surface area contributed by atoms with E-state index in [9.17, 15) is 9.90 Å². The van der Waals surface area contributed by atoms with E-state index in [0.29, 0.717) is 13.1 Å². The van der Waals surface area contributed by atoms with Gasteiger partial charge in [0.1, 0.15) is 5.60 Å². The molecule has 120 valence electrons. The molecule has 5 nitrogen and oxygen atoms in total. The molecule has 0 unspecified atom stereocenters. The first kappa shape index (κ1) is 18.0. The summed E-state index contributed by atoms with van der Waals surface area (Å²) < 4.78 is 5.09. The SMILES string of the molecule is C#Cc1cccc(CNC[C@@H](O)CNC(=O)OC(C)(C)C)c1. The molecule has 3 N–H and O–H groups in total. The van der Waals surface area contributed by atoms with Gasteiger partial charge in [-0.2, -0.15) is 0 Å². The van der Waals surface area contributed by atoms with E-state index >= 15 is 0 Å². The van der Waals surface area contributed by atoms with Gasteiger partial charge in [-0.15, -0.1) is 6.42 Å². The van der Waals surface area contributed by atoms with Gasteiger partial charge in [0.05, 0.1) is 6.10 Å². The minimum atomic E-state index is -0.691. The number of nitrogens with one attached hydrogen (secondary N) is 2. The van der Waals surface area contributed by atoms with E-state index in [-0.39, 0.29) is 6.54 Å². The van der Waals surface area contributed by atoms with Gasteiger partial charge in [-0.05, 0) is 38.5 Å². The smallest absolute Gasteiger partial charge is 0.407 e. The number of hydrogen-bond acceptors (Lipinski definition) is 4. The molecule has 1 amide bonds. The number of amides is 1.